The summed E-state index contributed by atoms with van der Waals surface area (Å²) in [5.41, 5.74) is 4.23. The first-order valence-corrected chi connectivity index (χ1v) is 5.91. The molecule has 0 radical (unpaired) electrons. The highest BCUT2D eigenvalue weighted by Crippen LogP contribution is 2.22. The zero-order valence-corrected chi connectivity index (χ0v) is 10.5. The summed E-state index contributed by atoms with van der Waals surface area (Å²) >= 11 is 0. The molecular weight excluding hydrogens is 226 g/mol. The fourth-order valence-electron chi connectivity index (χ4n) is 1.89. The van der Waals surface area contributed by atoms with E-state index in [2.05, 4.69) is 24.0 Å². The van der Waals surface area contributed by atoms with Gasteiger partial charge >= 0.3 is 5.97 Å². The number of pyridine rings is 1. The molecule has 1 N–H and O–H groups in total. The summed E-state index contributed by atoms with van der Waals surface area (Å²) in [4.78, 5) is 15.1. The van der Waals surface area contributed by atoms with Gasteiger partial charge in [-0.15, -0.1) is 0 Å². The Morgan fingerprint density at radius 3 is 2.44 bits per heavy atom. The van der Waals surface area contributed by atoms with E-state index < -0.39 is 5.97 Å². The number of carboxylic acid groups (broad SMARTS) is 1. The van der Waals surface area contributed by atoms with Crippen LogP contribution in [0, 0.1) is 6.92 Å². The molecule has 3 heteroatoms. The molecule has 0 aliphatic rings. The van der Waals surface area contributed by atoms with Gasteiger partial charge in [0.2, 0.25) is 0 Å². The minimum absolute atomic E-state index is 0.224. The maximum absolute atomic E-state index is 10.8. The van der Waals surface area contributed by atoms with Gasteiger partial charge in [-0.05, 0) is 30.5 Å². The van der Waals surface area contributed by atoms with E-state index in [9.17, 15) is 4.79 Å². The van der Waals surface area contributed by atoms with Crippen molar-refractivity contribution in [3.63, 3.8) is 0 Å². The molecule has 2 aromatic rings. The number of nitrogens with zero attached hydrogens (tertiary/aromatic N) is 1. The van der Waals surface area contributed by atoms with Crippen LogP contribution in [0.4, 0.5) is 0 Å². The molecule has 0 atom stereocenters. The molecule has 0 saturated heterocycles. The quantitative estimate of drug-likeness (QED) is 0.896. The van der Waals surface area contributed by atoms with Crippen LogP contribution in [0.2, 0.25) is 0 Å². The van der Waals surface area contributed by atoms with Crippen LogP contribution in [0.25, 0.3) is 11.3 Å². The van der Waals surface area contributed by atoms with E-state index in [1.54, 1.807) is 6.07 Å². The van der Waals surface area contributed by atoms with Crippen LogP contribution in [0.5, 0.6) is 0 Å². The first-order chi connectivity index (χ1) is 8.61. The molecule has 1 aromatic heterocycles. The smallest absolute Gasteiger partial charge is 0.337 e. The summed E-state index contributed by atoms with van der Waals surface area (Å²) in [6.07, 6.45) is 2.41. The predicted octanol–water partition coefficient (Wildman–Crippen LogP) is 3.32. The molecule has 0 spiro atoms. The summed E-state index contributed by atoms with van der Waals surface area (Å²) in [6.45, 7) is 3.99. The third-order valence-electron chi connectivity index (χ3n) is 2.96. The van der Waals surface area contributed by atoms with Crippen LogP contribution in [0.1, 0.15) is 28.4 Å². The highest BCUT2D eigenvalue weighted by Gasteiger charge is 2.08. The number of aromatic carboxylic acids is 1. The van der Waals surface area contributed by atoms with Crippen molar-refractivity contribution in [3.05, 3.63) is 53.2 Å². The highest BCUT2D eigenvalue weighted by atomic mass is 16.4. The molecule has 1 heterocycles. The van der Waals surface area contributed by atoms with E-state index in [0.29, 0.717) is 0 Å². The molecule has 18 heavy (non-hydrogen) atoms. The fraction of sp³-hybridized carbons (Fsp3) is 0.200. The second-order valence-corrected chi connectivity index (χ2v) is 4.25. The molecule has 0 fully saturated rings. The summed E-state index contributed by atoms with van der Waals surface area (Å²) in [7, 11) is 0. The Kier molecular flexibility index (Phi) is 3.42. The summed E-state index contributed by atoms with van der Waals surface area (Å²) in [5.74, 6) is -0.946. The van der Waals surface area contributed by atoms with Crippen molar-refractivity contribution in [1.82, 2.24) is 4.98 Å². The van der Waals surface area contributed by atoms with Crippen molar-refractivity contribution < 1.29 is 9.90 Å². The fourth-order valence-corrected chi connectivity index (χ4v) is 1.89. The number of hydrogen-bond acceptors (Lipinski definition) is 2. The van der Waals surface area contributed by atoms with Crippen molar-refractivity contribution in [2.24, 2.45) is 0 Å². The van der Waals surface area contributed by atoms with Gasteiger partial charge in [-0.2, -0.15) is 0 Å². The first kappa shape index (κ1) is 12.3. The van der Waals surface area contributed by atoms with E-state index in [4.69, 9.17) is 5.11 Å². The topological polar surface area (TPSA) is 50.2 Å². The normalized spacial score (nSPS) is 10.3. The van der Waals surface area contributed by atoms with Gasteiger partial charge in [0.15, 0.2) is 0 Å². The Bertz CT molecular complexity index is 574. The predicted molar refractivity (Wildman–Crippen MR) is 70.7 cm³/mol. The molecule has 92 valence electrons. The van der Waals surface area contributed by atoms with Gasteiger partial charge in [0.25, 0.3) is 0 Å². The monoisotopic (exact) mass is 241 g/mol. The molecule has 0 saturated carbocycles. The number of aryl methyl sites for hydroxylation is 2. The zero-order valence-electron chi connectivity index (χ0n) is 10.5. The number of carbonyl (C=O) groups is 1. The van der Waals surface area contributed by atoms with Crippen LogP contribution in [-0.2, 0) is 6.42 Å². The van der Waals surface area contributed by atoms with Crippen molar-refractivity contribution in [1.29, 1.82) is 0 Å². The van der Waals surface area contributed by atoms with E-state index in [1.165, 1.54) is 11.8 Å². The lowest BCUT2D eigenvalue weighted by Crippen LogP contribution is -1.99. The zero-order chi connectivity index (χ0) is 13.1. The van der Waals surface area contributed by atoms with Crippen LogP contribution in [-0.4, -0.2) is 16.1 Å². The third kappa shape index (κ3) is 2.40. The summed E-state index contributed by atoms with van der Waals surface area (Å²) in [5, 5.41) is 8.90. The first-order valence-electron chi connectivity index (χ1n) is 5.91. The molecule has 2 rings (SSSR count). The molecule has 0 aliphatic carbocycles. The third-order valence-corrected chi connectivity index (χ3v) is 2.96. The van der Waals surface area contributed by atoms with Crippen LogP contribution in [0.15, 0.2) is 36.5 Å². The van der Waals surface area contributed by atoms with Gasteiger partial charge in [-0.25, -0.2) is 4.79 Å². The molecule has 0 unspecified atom stereocenters. The highest BCUT2D eigenvalue weighted by molar-refractivity contribution is 5.88. The standard InChI is InChI=1S/C15H15NO2/c1-3-11-4-6-12(7-5-11)14-10(2)8-13(9-16-14)15(17)18/h4-9H,3H2,1-2H3,(H,17,18). The number of carboxylic acids is 1. The minimum Gasteiger partial charge on any atom is -0.478 e. The van der Waals surface area contributed by atoms with Crippen LogP contribution >= 0.6 is 0 Å². The van der Waals surface area contributed by atoms with Gasteiger partial charge in [-0.1, -0.05) is 31.2 Å². The van der Waals surface area contributed by atoms with E-state index in [0.717, 1.165) is 23.2 Å². The van der Waals surface area contributed by atoms with Gasteiger partial charge < -0.3 is 5.11 Å². The molecular formula is C15H15NO2. The van der Waals surface area contributed by atoms with Gasteiger partial charge in [0.05, 0.1) is 11.3 Å². The van der Waals surface area contributed by atoms with E-state index >= 15 is 0 Å². The maximum atomic E-state index is 10.8. The van der Waals surface area contributed by atoms with Gasteiger partial charge in [0.1, 0.15) is 0 Å². The number of benzene rings is 1. The molecule has 0 aliphatic heterocycles. The lowest BCUT2D eigenvalue weighted by Gasteiger charge is -2.06. The Hall–Kier alpha value is -2.16. The van der Waals surface area contributed by atoms with Crippen LogP contribution < -0.4 is 0 Å². The lowest BCUT2D eigenvalue weighted by atomic mass is 10.0. The largest absolute Gasteiger partial charge is 0.478 e. The second-order valence-electron chi connectivity index (χ2n) is 4.25. The minimum atomic E-state index is -0.946. The Morgan fingerprint density at radius 1 is 1.28 bits per heavy atom. The number of aromatic nitrogens is 1. The molecule has 1 aromatic carbocycles. The molecule has 0 bridgehead atoms. The van der Waals surface area contributed by atoms with Gasteiger partial charge in [-0.3, -0.25) is 4.98 Å². The average molecular weight is 241 g/mol. The van der Waals surface area contributed by atoms with Gasteiger partial charge in [0, 0.05) is 11.8 Å². The van der Waals surface area contributed by atoms with E-state index in [1.807, 2.05) is 19.1 Å². The summed E-state index contributed by atoms with van der Waals surface area (Å²) < 4.78 is 0. The molecule has 0 amide bonds. The summed E-state index contributed by atoms with van der Waals surface area (Å²) in [6, 6.07) is 9.84. The van der Waals surface area contributed by atoms with Crippen LogP contribution in [0.3, 0.4) is 0 Å². The Balaban J connectivity index is 2.41. The second kappa shape index (κ2) is 5.00. The maximum Gasteiger partial charge on any atom is 0.337 e. The number of rotatable bonds is 3. The Labute approximate surface area is 106 Å². The number of hydrogen-bond donors (Lipinski definition) is 1. The SMILES string of the molecule is CCc1ccc(-c2ncc(C(=O)O)cc2C)cc1. The van der Waals surface area contributed by atoms with Crippen molar-refractivity contribution >= 4 is 5.97 Å². The average Bonchev–Trinajstić information content (AvgIpc) is 2.38. The lowest BCUT2D eigenvalue weighted by molar-refractivity contribution is 0.0696. The van der Waals surface area contributed by atoms with Crippen molar-refractivity contribution in [2.45, 2.75) is 20.3 Å². The van der Waals surface area contributed by atoms with Crippen molar-refractivity contribution in [2.75, 3.05) is 0 Å². The molecule has 3 nitrogen and oxygen atoms in total. The van der Waals surface area contributed by atoms with E-state index in [-0.39, 0.29) is 5.56 Å². The van der Waals surface area contributed by atoms with Crippen molar-refractivity contribution in [3.8, 4) is 11.3 Å². The Morgan fingerprint density at radius 2 is 1.94 bits per heavy atom.